The lowest BCUT2D eigenvalue weighted by Crippen LogP contribution is -2.44. The molecule has 0 aromatic heterocycles. The first kappa shape index (κ1) is 14.2. The highest BCUT2D eigenvalue weighted by Gasteiger charge is 2.32. The normalized spacial score (nSPS) is 35.6. The number of carboxylic acids is 1. The van der Waals surface area contributed by atoms with Crippen LogP contribution in [0.4, 0.5) is 0 Å². The monoisotopic (exact) mass is 271 g/mol. The first-order valence-electron chi connectivity index (χ1n) is 7.13. The fraction of sp³-hybridized carbons (Fsp3) is 0.929. The van der Waals surface area contributed by atoms with Gasteiger partial charge < -0.3 is 5.11 Å². The Kier molecular flexibility index (Phi) is 4.96. The SMILES string of the molecule is CC1CC(N2CCCC(C(C)CC(=O)O)C2)CS1. The van der Waals surface area contributed by atoms with E-state index in [4.69, 9.17) is 5.11 Å². The number of hydrogen-bond donors (Lipinski definition) is 1. The number of piperidine rings is 1. The van der Waals surface area contributed by atoms with Gasteiger partial charge in [-0.25, -0.2) is 0 Å². The molecule has 4 unspecified atom stereocenters. The topological polar surface area (TPSA) is 40.5 Å². The molecule has 0 bridgehead atoms. The van der Waals surface area contributed by atoms with Crippen LogP contribution in [0.15, 0.2) is 0 Å². The van der Waals surface area contributed by atoms with Crippen molar-refractivity contribution in [3.8, 4) is 0 Å². The maximum Gasteiger partial charge on any atom is 0.303 e. The van der Waals surface area contributed by atoms with Crippen LogP contribution < -0.4 is 0 Å². The molecule has 2 rings (SSSR count). The van der Waals surface area contributed by atoms with Crippen LogP contribution in [0.5, 0.6) is 0 Å². The average Bonchev–Trinajstić information content (AvgIpc) is 2.75. The number of thioether (sulfide) groups is 1. The number of aliphatic carboxylic acids is 1. The van der Waals surface area contributed by atoms with E-state index in [-0.39, 0.29) is 0 Å². The minimum atomic E-state index is -0.648. The number of nitrogens with zero attached hydrogens (tertiary/aromatic N) is 1. The van der Waals surface area contributed by atoms with Gasteiger partial charge in [0.15, 0.2) is 0 Å². The molecule has 0 aromatic rings. The van der Waals surface area contributed by atoms with E-state index in [1.807, 2.05) is 0 Å². The Bertz CT molecular complexity index is 298. The molecule has 0 aliphatic carbocycles. The van der Waals surface area contributed by atoms with Gasteiger partial charge in [0, 0.05) is 30.0 Å². The Morgan fingerprint density at radius 2 is 2.33 bits per heavy atom. The highest BCUT2D eigenvalue weighted by Crippen LogP contribution is 2.33. The molecule has 0 spiro atoms. The third kappa shape index (κ3) is 3.64. The van der Waals surface area contributed by atoms with Gasteiger partial charge >= 0.3 is 5.97 Å². The number of carbonyl (C=O) groups is 1. The van der Waals surface area contributed by atoms with E-state index >= 15 is 0 Å². The number of likely N-dealkylation sites (tertiary alicyclic amines) is 1. The summed E-state index contributed by atoms with van der Waals surface area (Å²) < 4.78 is 0. The zero-order chi connectivity index (χ0) is 13.1. The van der Waals surface area contributed by atoms with Crippen molar-refractivity contribution in [2.24, 2.45) is 11.8 Å². The molecule has 2 aliphatic heterocycles. The first-order valence-corrected chi connectivity index (χ1v) is 8.18. The largest absolute Gasteiger partial charge is 0.481 e. The zero-order valence-electron chi connectivity index (χ0n) is 11.5. The van der Waals surface area contributed by atoms with Gasteiger partial charge in [0.2, 0.25) is 0 Å². The van der Waals surface area contributed by atoms with E-state index in [2.05, 4.69) is 30.5 Å². The number of rotatable bonds is 4. The summed E-state index contributed by atoms with van der Waals surface area (Å²) in [5.41, 5.74) is 0. The molecule has 4 atom stereocenters. The van der Waals surface area contributed by atoms with Crippen molar-refractivity contribution in [2.75, 3.05) is 18.8 Å². The van der Waals surface area contributed by atoms with Crippen LogP contribution in [0.2, 0.25) is 0 Å². The lowest BCUT2D eigenvalue weighted by atomic mass is 9.84. The Labute approximate surface area is 114 Å². The second kappa shape index (κ2) is 6.29. The van der Waals surface area contributed by atoms with Crippen LogP contribution in [0.3, 0.4) is 0 Å². The summed E-state index contributed by atoms with van der Waals surface area (Å²) in [4.78, 5) is 13.4. The number of carboxylic acid groups (broad SMARTS) is 1. The molecular weight excluding hydrogens is 246 g/mol. The van der Waals surface area contributed by atoms with E-state index in [9.17, 15) is 4.79 Å². The van der Waals surface area contributed by atoms with Gasteiger partial charge in [-0.15, -0.1) is 0 Å². The number of hydrogen-bond acceptors (Lipinski definition) is 3. The minimum Gasteiger partial charge on any atom is -0.481 e. The zero-order valence-corrected chi connectivity index (χ0v) is 12.3. The van der Waals surface area contributed by atoms with Gasteiger partial charge in [-0.05, 0) is 37.6 Å². The van der Waals surface area contributed by atoms with Crippen molar-refractivity contribution in [3.05, 3.63) is 0 Å². The highest BCUT2D eigenvalue weighted by atomic mass is 32.2. The molecule has 0 amide bonds. The van der Waals surface area contributed by atoms with Gasteiger partial charge in [0.05, 0.1) is 0 Å². The molecule has 3 nitrogen and oxygen atoms in total. The molecule has 0 saturated carbocycles. The van der Waals surface area contributed by atoms with E-state index in [1.165, 1.54) is 31.6 Å². The summed E-state index contributed by atoms with van der Waals surface area (Å²) in [5, 5.41) is 9.71. The Morgan fingerprint density at radius 1 is 1.56 bits per heavy atom. The summed E-state index contributed by atoms with van der Waals surface area (Å²) in [5.74, 6) is 1.51. The molecule has 104 valence electrons. The lowest BCUT2D eigenvalue weighted by molar-refractivity contribution is -0.138. The molecule has 0 aromatic carbocycles. The molecule has 2 fully saturated rings. The van der Waals surface area contributed by atoms with Crippen molar-refractivity contribution in [1.29, 1.82) is 0 Å². The van der Waals surface area contributed by atoms with Gasteiger partial charge in [-0.1, -0.05) is 13.8 Å². The van der Waals surface area contributed by atoms with Crippen molar-refractivity contribution < 1.29 is 9.90 Å². The standard InChI is InChI=1S/C14H25NO2S/c1-10(6-14(16)17)12-4-3-5-15(8-12)13-7-11(2)18-9-13/h10-13H,3-9H2,1-2H3,(H,16,17). The van der Waals surface area contributed by atoms with Gasteiger partial charge in [-0.2, -0.15) is 11.8 Å². The van der Waals surface area contributed by atoms with Crippen LogP contribution in [-0.2, 0) is 4.79 Å². The molecular formula is C14H25NO2S. The van der Waals surface area contributed by atoms with Crippen molar-refractivity contribution in [1.82, 2.24) is 4.90 Å². The van der Waals surface area contributed by atoms with E-state index in [1.54, 1.807) is 0 Å². The summed E-state index contributed by atoms with van der Waals surface area (Å²) in [7, 11) is 0. The molecule has 2 saturated heterocycles. The summed E-state index contributed by atoms with van der Waals surface area (Å²) >= 11 is 2.08. The van der Waals surface area contributed by atoms with Crippen LogP contribution in [0, 0.1) is 11.8 Å². The predicted molar refractivity (Wildman–Crippen MR) is 76.0 cm³/mol. The van der Waals surface area contributed by atoms with Crippen molar-refractivity contribution in [3.63, 3.8) is 0 Å². The van der Waals surface area contributed by atoms with Crippen LogP contribution >= 0.6 is 11.8 Å². The third-order valence-corrected chi connectivity index (χ3v) is 5.82. The van der Waals surface area contributed by atoms with E-state index in [0.717, 1.165) is 17.8 Å². The van der Waals surface area contributed by atoms with Crippen molar-refractivity contribution in [2.45, 2.75) is 50.8 Å². The van der Waals surface area contributed by atoms with Crippen LogP contribution in [0.25, 0.3) is 0 Å². The van der Waals surface area contributed by atoms with E-state index in [0.29, 0.717) is 18.3 Å². The highest BCUT2D eigenvalue weighted by molar-refractivity contribution is 8.00. The summed E-state index contributed by atoms with van der Waals surface area (Å²) in [6, 6.07) is 0.741. The average molecular weight is 271 g/mol. The lowest BCUT2D eigenvalue weighted by Gasteiger charge is -2.38. The molecule has 4 heteroatoms. The first-order chi connectivity index (χ1) is 8.56. The van der Waals surface area contributed by atoms with Crippen molar-refractivity contribution >= 4 is 17.7 Å². The Hall–Kier alpha value is -0.220. The van der Waals surface area contributed by atoms with Crippen LogP contribution in [-0.4, -0.2) is 46.1 Å². The second-order valence-corrected chi connectivity index (χ2v) is 7.48. The molecule has 0 radical (unpaired) electrons. The van der Waals surface area contributed by atoms with Gasteiger partial charge in [-0.3, -0.25) is 9.69 Å². The third-order valence-electron chi connectivity index (χ3n) is 4.48. The minimum absolute atomic E-state index is 0.316. The molecule has 1 N–H and O–H groups in total. The van der Waals surface area contributed by atoms with Gasteiger partial charge in [0.25, 0.3) is 0 Å². The summed E-state index contributed by atoms with van der Waals surface area (Å²) in [6.45, 7) is 6.76. The van der Waals surface area contributed by atoms with Crippen LogP contribution in [0.1, 0.15) is 39.5 Å². The maximum atomic E-state index is 10.8. The fourth-order valence-corrected chi connectivity index (χ4v) is 4.58. The smallest absolute Gasteiger partial charge is 0.303 e. The second-order valence-electron chi connectivity index (χ2n) is 6.01. The Balaban J connectivity index is 1.86. The summed E-state index contributed by atoms with van der Waals surface area (Å²) in [6.07, 6.45) is 4.09. The molecule has 2 heterocycles. The molecule has 18 heavy (non-hydrogen) atoms. The van der Waals surface area contributed by atoms with E-state index < -0.39 is 5.97 Å². The fourth-order valence-electron chi connectivity index (χ4n) is 3.33. The van der Waals surface area contributed by atoms with Gasteiger partial charge in [0.1, 0.15) is 0 Å². The molecule has 2 aliphatic rings. The predicted octanol–water partition coefficient (Wildman–Crippen LogP) is 2.70. The Morgan fingerprint density at radius 3 is 2.94 bits per heavy atom. The maximum absolute atomic E-state index is 10.8. The quantitative estimate of drug-likeness (QED) is 0.853.